The van der Waals surface area contributed by atoms with Crippen molar-refractivity contribution in [2.24, 2.45) is 0 Å². The van der Waals surface area contributed by atoms with Gasteiger partial charge in [-0.05, 0) is 11.4 Å². The van der Waals surface area contributed by atoms with E-state index in [-0.39, 0.29) is 18.7 Å². The van der Waals surface area contributed by atoms with E-state index >= 15 is 0 Å². The Balaban J connectivity index is 2.44. The second kappa shape index (κ2) is 4.09. The van der Waals surface area contributed by atoms with Crippen LogP contribution < -0.4 is 5.56 Å². The van der Waals surface area contributed by atoms with Gasteiger partial charge in [-0.3, -0.25) is 9.36 Å². The van der Waals surface area contributed by atoms with Crippen LogP contribution in [0.2, 0.25) is 0 Å². The van der Waals surface area contributed by atoms with Crippen LogP contribution in [0.15, 0.2) is 22.6 Å². The maximum Gasteiger partial charge on any atom is 0.271 e. The van der Waals surface area contributed by atoms with Gasteiger partial charge in [0.2, 0.25) is 0 Å². The molecular weight excluding hydrogens is 216 g/mol. The third kappa shape index (κ3) is 1.92. The predicted molar refractivity (Wildman–Crippen MR) is 57.0 cm³/mol. The Bertz CT molecular complexity index is 519. The molecule has 0 aliphatic heterocycles. The summed E-state index contributed by atoms with van der Waals surface area (Å²) in [5, 5.41) is 19.7. The fourth-order valence-electron chi connectivity index (χ4n) is 1.29. The maximum absolute atomic E-state index is 11.8. The number of thiophene rings is 1. The molecule has 1 atom stereocenters. The molecule has 0 aliphatic carbocycles. The lowest BCUT2D eigenvalue weighted by molar-refractivity contribution is 0.0803. The van der Waals surface area contributed by atoms with Crippen molar-refractivity contribution in [1.82, 2.24) is 9.55 Å². The van der Waals surface area contributed by atoms with Crippen LogP contribution in [0, 0.1) is 0 Å². The normalized spacial score (nSPS) is 13.2. The van der Waals surface area contributed by atoms with E-state index in [9.17, 15) is 9.90 Å². The molecule has 15 heavy (non-hydrogen) atoms. The van der Waals surface area contributed by atoms with E-state index in [1.165, 1.54) is 22.2 Å². The van der Waals surface area contributed by atoms with Gasteiger partial charge in [-0.25, -0.2) is 4.98 Å². The third-order valence-electron chi connectivity index (χ3n) is 2.05. The number of rotatable bonds is 3. The molecule has 0 bridgehead atoms. The first-order valence-electron chi connectivity index (χ1n) is 4.44. The zero-order valence-corrected chi connectivity index (χ0v) is 8.65. The zero-order valence-electron chi connectivity index (χ0n) is 7.83. The molecule has 0 fully saturated rings. The van der Waals surface area contributed by atoms with Gasteiger partial charge in [0.1, 0.15) is 4.70 Å². The highest BCUT2D eigenvalue weighted by molar-refractivity contribution is 7.17. The highest BCUT2D eigenvalue weighted by atomic mass is 32.1. The van der Waals surface area contributed by atoms with Crippen LogP contribution in [0.4, 0.5) is 0 Å². The topological polar surface area (TPSA) is 75.4 Å². The number of aromatic nitrogens is 2. The van der Waals surface area contributed by atoms with Gasteiger partial charge in [-0.15, -0.1) is 11.3 Å². The fourth-order valence-corrected chi connectivity index (χ4v) is 2.09. The van der Waals surface area contributed by atoms with Gasteiger partial charge in [0.15, 0.2) is 0 Å². The van der Waals surface area contributed by atoms with Crippen LogP contribution in [-0.2, 0) is 6.54 Å². The van der Waals surface area contributed by atoms with Crippen molar-refractivity contribution in [3.05, 3.63) is 28.1 Å². The molecule has 0 aromatic carbocycles. The number of hydrogen-bond acceptors (Lipinski definition) is 5. The first-order chi connectivity index (χ1) is 7.22. The first kappa shape index (κ1) is 10.3. The van der Waals surface area contributed by atoms with Crippen molar-refractivity contribution in [2.45, 2.75) is 12.6 Å². The van der Waals surface area contributed by atoms with Crippen molar-refractivity contribution in [2.75, 3.05) is 6.61 Å². The Kier molecular flexibility index (Phi) is 2.81. The number of nitrogens with zero attached hydrogens (tertiary/aromatic N) is 2. The molecular formula is C9H10N2O3S. The minimum atomic E-state index is -0.929. The standard InChI is InChI=1S/C9H10N2O3S/c12-4-6(13)3-11-5-10-7-1-2-15-8(7)9(11)14/h1-2,5-6,12-13H,3-4H2. The predicted octanol–water partition coefficient (Wildman–Crippen LogP) is -0.189. The Hall–Kier alpha value is -1.24. The summed E-state index contributed by atoms with van der Waals surface area (Å²) in [5.74, 6) is 0. The van der Waals surface area contributed by atoms with Gasteiger partial charge >= 0.3 is 0 Å². The van der Waals surface area contributed by atoms with Crippen molar-refractivity contribution in [1.29, 1.82) is 0 Å². The van der Waals surface area contributed by atoms with Crippen LogP contribution in [0.3, 0.4) is 0 Å². The maximum atomic E-state index is 11.8. The van der Waals surface area contributed by atoms with Crippen molar-refractivity contribution >= 4 is 21.6 Å². The molecule has 0 amide bonds. The van der Waals surface area contributed by atoms with E-state index in [4.69, 9.17) is 5.11 Å². The van der Waals surface area contributed by atoms with Crippen molar-refractivity contribution in [3.63, 3.8) is 0 Å². The summed E-state index contributed by atoms with van der Waals surface area (Å²) < 4.78 is 1.88. The molecule has 2 aromatic heterocycles. The van der Waals surface area contributed by atoms with E-state index in [1.807, 2.05) is 0 Å². The highest BCUT2D eigenvalue weighted by Crippen LogP contribution is 2.13. The molecule has 2 aromatic rings. The molecule has 0 spiro atoms. The van der Waals surface area contributed by atoms with E-state index in [0.717, 1.165) is 0 Å². The molecule has 2 N–H and O–H groups in total. The van der Waals surface area contributed by atoms with Gasteiger partial charge in [0.25, 0.3) is 5.56 Å². The van der Waals surface area contributed by atoms with Gasteiger partial charge in [-0.1, -0.05) is 0 Å². The lowest BCUT2D eigenvalue weighted by Gasteiger charge is -2.08. The van der Waals surface area contributed by atoms with Crippen molar-refractivity contribution in [3.8, 4) is 0 Å². The van der Waals surface area contributed by atoms with Crippen LogP contribution >= 0.6 is 11.3 Å². The SMILES string of the molecule is O=c1c2sccc2ncn1CC(O)CO. The van der Waals surface area contributed by atoms with Crippen molar-refractivity contribution < 1.29 is 10.2 Å². The van der Waals surface area contributed by atoms with Gasteiger partial charge < -0.3 is 10.2 Å². The van der Waals surface area contributed by atoms with E-state index < -0.39 is 6.10 Å². The summed E-state index contributed by atoms with van der Waals surface area (Å²) in [5.41, 5.74) is 0.488. The van der Waals surface area contributed by atoms with E-state index in [0.29, 0.717) is 10.2 Å². The molecule has 0 saturated carbocycles. The number of fused-ring (bicyclic) bond motifs is 1. The second-order valence-corrected chi connectivity index (χ2v) is 4.09. The smallest absolute Gasteiger partial charge is 0.271 e. The quantitative estimate of drug-likeness (QED) is 0.760. The molecule has 2 heterocycles. The molecule has 6 heteroatoms. The Morgan fingerprint density at radius 1 is 1.60 bits per heavy atom. The Morgan fingerprint density at radius 2 is 2.40 bits per heavy atom. The average Bonchev–Trinajstić information content (AvgIpc) is 2.70. The largest absolute Gasteiger partial charge is 0.394 e. The third-order valence-corrected chi connectivity index (χ3v) is 2.95. The van der Waals surface area contributed by atoms with Crippen LogP contribution in [0.25, 0.3) is 10.2 Å². The van der Waals surface area contributed by atoms with Crippen LogP contribution in [0.5, 0.6) is 0 Å². The van der Waals surface area contributed by atoms with Gasteiger partial charge in [-0.2, -0.15) is 0 Å². The Morgan fingerprint density at radius 3 is 3.13 bits per heavy atom. The summed E-state index contributed by atoms with van der Waals surface area (Å²) >= 11 is 1.32. The van der Waals surface area contributed by atoms with Crippen LogP contribution in [-0.4, -0.2) is 32.5 Å². The van der Waals surface area contributed by atoms with Gasteiger partial charge in [0.05, 0.1) is 31.1 Å². The lowest BCUT2D eigenvalue weighted by atomic mass is 10.3. The van der Waals surface area contributed by atoms with Gasteiger partial charge in [0, 0.05) is 0 Å². The monoisotopic (exact) mass is 226 g/mol. The zero-order chi connectivity index (χ0) is 10.8. The Labute approximate surface area is 89.2 Å². The molecule has 0 saturated heterocycles. The fraction of sp³-hybridized carbons (Fsp3) is 0.333. The second-order valence-electron chi connectivity index (χ2n) is 3.17. The molecule has 2 rings (SSSR count). The lowest BCUT2D eigenvalue weighted by Crippen LogP contribution is -2.28. The minimum Gasteiger partial charge on any atom is -0.394 e. The highest BCUT2D eigenvalue weighted by Gasteiger charge is 2.08. The summed E-state index contributed by atoms with van der Waals surface area (Å²) in [6, 6.07) is 1.77. The molecule has 1 unspecified atom stereocenters. The number of hydrogen-bond donors (Lipinski definition) is 2. The number of aliphatic hydroxyl groups excluding tert-OH is 2. The molecule has 0 aliphatic rings. The first-order valence-corrected chi connectivity index (χ1v) is 5.32. The number of aliphatic hydroxyl groups is 2. The summed E-state index contributed by atoms with van der Waals surface area (Å²) in [7, 11) is 0. The molecule has 0 radical (unpaired) electrons. The van der Waals surface area contributed by atoms with E-state index in [2.05, 4.69) is 4.98 Å². The minimum absolute atomic E-state index is 0.0656. The van der Waals surface area contributed by atoms with E-state index in [1.54, 1.807) is 11.4 Å². The average molecular weight is 226 g/mol. The molecule has 5 nitrogen and oxygen atoms in total. The molecule has 80 valence electrons. The summed E-state index contributed by atoms with van der Waals surface area (Å²) in [4.78, 5) is 15.9. The summed E-state index contributed by atoms with van der Waals surface area (Å²) in [6.07, 6.45) is 0.456. The van der Waals surface area contributed by atoms with Crippen LogP contribution in [0.1, 0.15) is 0 Å². The summed E-state index contributed by atoms with van der Waals surface area (Å²) in [6.45, 7) is -0.301.